The molecule has 0 bridgehead atoms. The van der Waals surface area contributed by atoms with Crippen molar-refractivity contribution < 1.29 is 23.5 Å². The Morgan fingerprint density at radius 2 is 1.31 bits per heavy atom. The summed E-state index contributed by atoms with van der Waals surface area (Å²) in [5, 5.41) is 0. The number of Topliss-reactive ketones (excluding diaryl/α,β-unsaturated/α-hetero) is 2. The highest BCUT2D eigenvalue weighted by atomic mass is 19.1. The summed E-state index contributed by atoms with van der Waals surface area (Å²) in [4.78, 5) is 39.0. The molecule has 0 aliphatic carbocycles. The maximum absolute atomic E-state index is 13.9. The first-order chi connectivity index (χ1) is 15.2. The van der Waals surface area contributed by atoms with Gasteiger partial charge >= 0.3 is 0 Å². The summed E-state index contributed by atoms with van der Waals surface area (Å²) in [5.41, 5.74) is 3.60. The van der Waals surface area contributed by atoms with Crippen LogP contribution in [0.2, 0.25) is 0 Å². The van der Waals surface area contributed by atoms with E-state index >= 15 is 0 Å². The molecule has 1 aliphatic heterocycles. The number of amides is 1. The van der Waals surface area contributed by atoms with E-state index < -0.39 is 34.6 Å². The normalized spacial score (nSPS) is 21.9. The lowest BCUT2D eigenvalue weighted by Crippen LogP contribution is -2.38. The number of rotatable bonds is 7. The average molecular weight is 431 g/mol. The molecule has 0 spiro atoms. The van der Waals surface area contributed by atoms with Crippen LogP contribution in [0.4, 0.5) is 4.39 Å². The van der Waals surface area contributed by atoms with Crippen molar-refractivity contribution in [3.8, 4) is 0 Å². The van der Waals surface area contributed by atoms with E-state index in [1.165, 1.54) is 36.4 Å². The van der Waals surface area contributed by atoms with Crippen molar-refractivity contribution >= 4 is 17.5 Å². The van der Waals surface area contributed by atoms with Crippen molar-refractivity contribution in [3.05, 3.63) is 107 Å². The quantitative estimate of drug-likeness (QED) is 0.449. The van der Waals surface area contributed by atoms with Gasteiger partial charge in [-0.05, 0) is 47.5 Å². The van der Waals surface area contributed by atoms with Gasteiger partial charge in [-0.3, -0.25) is 14.4 Å². The van der Waals surface area contributed by atoms with Crippen LogP contribution in [0.5, 0.6) is 0 Å². The first-order valence-electron chi connectivity index (χ1n) is 10.2. The lowest BCUT2D eigenvalue weighted by Gasteiger charge is -2.21. The molecule has 5 nitrogen and oxygen atoms in total. The molecule has 1 saturated heterocycles. The van der Waals surface area contributed by atoms with E-state index in [0.29, 0.717) is 11.1 Å². The summed E-state index contributed by atoms with van der Waals surface area (Å²) >= 11 is 0. The van der Waals surface area contributed by atoms with Crippen molar-refractivity contribution in [1.82, 2.24) is 0 Å². The van der Waals surface area contributed by atoms with Crippen LogP contribution < -0.4 is 5.73 Å². The van der Waals surface area contributed by atoms with Gasteiger partial charge in [0, 0.05) is 17.0 Å². The third kappa shape index (κ3) is 3.15. The fraction of sp³-hybridized carbons (Fsp3) is 0.192. The molecular formula is C26H22FNO4. The minimum atomic E-state index is -1.62. The summed E-state index contributed by atoms with van der Waals surface area (Å²) in [6.07, 6.45) is 0. The molecule has 4 rings (SSSR count). The van der Waals surface area contributed by atoms with E-state index in [0.717, 1.165) is 0 Å². The minimum Gasteiger partial charge on any atom is -0.366 e. The highest BCUT2D eigenvalue weighted by molar-refractivity contribution is 6.12. The van der Waals surface area contributed by atoms with E-state index in [4.69, 9.17) is 10.5 Å². The SMILES string of the molecule is CC(C)C(=O)C1(c2ccc(C(N)=O)cc2)OC1(C(=O)c1ccc(F)cc1)c1ccccc1. The lowest BCUT2D eigenvalue weighted by molar-refractivity contribution is -0.127. The second-order valence-corrected chi connectivity index (χ2v) is 8.13. The summed E-state index contributed by atoms with van der Waals surface area (Å²) in [7, 11) is 0. The third-order valence-electron chi connectivity index (χ3n) is 5.81. The first-order valence-corrected chi connectivity index (χ1v) is 10.2. The molecular weight excluding hydrogens is 409 g/mol. The number of benzene rings is 3. The van der Waals surface area contributed by atoms with Crippen molar-refractivity contribution in [2.45, 2.75) is 25.0 Å². The number of carbonyl (C=O) groups excluding carboxylic acids is 3. The number of ketones is 2. The van der Waals surface area contributed by atoms with Gasteiger partial charge in [-0.15, -0.1) is 0 Å². The van der Waals surface area contributed by atoms with Gasteiger partial charge in [0.2, 0.25) is 11.7 Å². The van der Waals surface area contributed by atoms with Gasteiger partial charge in [0.1, 0.15) is 5.82 Å². The van der Waals surface area contributed by atoms with Gasteiger partial charge in [0.15, 0.2) is 17.0 Å². The molecule has 32 heavy (non-hydrogen) atoms. The zero-order chi connectivity index (χ0) is 23.1. The number of carbonyl (C=O) groups is 3. The maximum Gasteiger partial charge on any atom is 0.248 e. The molecule has 2 unspecified atom stereocenters. The molecule has 1 amide bonds. The average Bonchev–Trinajstić information content (AvgIpc) is 3.51. The van der Waals surface area contributed by atoms with E-state index in [1.54, 1.807) is 56.3 Å². The Bertz CT molecular complexity index is 1190. The highest BCUT2D eigenvalue weighted by Gasteiger charge is 2.79. The van der Waals surface area contributed by atoms with Gasteiger partial charge in [-0.2, -0.15) is 0 Å². The van der Waals surface area contributed by atoms with Crippen molar-refractivity contribution in [2.24, 2.45) is 11.7 Å². The lowest BCUT2D eigenvalue weighted by atomic mass is 9.73. The Kier molecular flexibility index (Phi) is 5.26. The standard InChI is InChI=1S/C26H22FNO4/c1-16(2)22(29)25(20-12-8-18(9-13-20)24(28)31)26(32-25,19-6-4-3-5-7-19)23(30)17-10-14-21(27)15-11-17/h3-16H,1-2H3,(H2,28,31). The van der Waals surface area contributed by atoms with Gasteiger partial charge in [-0.1, -0.05) is 56.3 Å². The number of halogens is 1. The number of hydrogen-bond donors (Lipinski definition) is 1. The summed E-state index contributed by atoms with van der Waals surface area (Å²) in [5.74, 6) is -2.24. The van der Waals surface area contributed by atoms with Crippen LogP contribution >= 0.6 is 0 Å². The van der Waals surface area contributed by atoms with Crippen molar-refractivity contribution in [3.63, 3.8) is 0 Å². The Hall–Kier alpha value is -3.64. The molecule has 1 fully saturated rings. The molecule has 0 saturated carbocycles. The Labute approximate surface area is 185 Å². The summed E-state index contributed by atoms with van der Waals surface area (Å²) < 4.78 is 19.7. The fourth-order valence-corrected chi connectivity index (χ4v) is 4.18. The van der Waals surface area contributed by atoms with E-state index in [9.17, 15) is 18.8 Å². The van der Waals surface area contributed by atoms with Gasteiger partial charge in [0.05, 0.1) is 0 Å². The predicted octanol–water partition coefficient (Wildman–Crippen LogP) is 4.15. The Morgan fingerprint density at radius 1 is 0.781 bits per heavy atom. The number of primary amides is 1. The van der Waals surface area contributed by atoms with Crippen LogP contribution in [0.25, 0.3) is 0 Å². The molecule has 162 valence electrons. The zero-order valence-electron chi connectivity index (χ0n) is 17.7. The Morgan fingerprint density at radius 3 is 1.84 bits per heavy atom. The van der Waals surface area contributed by atoms with Crippen molar-refractivity contribution in [1.29, 1.82) is 0 Å². The van der Waals surface area contributed by atoms with E-state index in [2.05, 4.69) is 0 Å². The molecule has 1 heterocycles. The highest BCUT2D eigenvalue weighted by Crippen LogP contribution is 2.65. The van der Waals surface area contributed by atoms with Crippen LogP contribution in [0.15, 0.2) is 78.9 Å². The summed E-state index contributed by atoms with van der Waals surface area (Å²) in [6.45, 7) is 3.48. The van der Waals surface area contributed by atoms with Gasteiger partial charge < -0.3 is 10.5 Å². The maximum atomic E-state index is 13.9. The van der Waals surface area contributed by atoms with Crippen LogP contribution in [0.3, 0.4) is 0 Å². The van der Waals surface area contributed by atoms with Crippen LogP contribution in [-0.4, -0.2) is 17.5 Å². The topological polar surface area (TPSA) is 89.8 Å². The summed E-state index contributed by atoms with van der Waals surface area (Å²) in [6, 6.07) is 20.1. The van der Waals surface area contributed by atoms with E-state index in [1.807, 2.05) is 0 Å². The molecule has 0 aromatic heterocycles. The smallest absolute Gasteiger partial charge is 0.248 e. The van der Waals surface area contributed by atoms with Gasteiger partial charge in [-0.25, -0.2) is 4.39 Å². The molecule has 6 heteroatoms. The van der Waals surface area contributed by atoms with Crippen molar-refractivity contribution in [2.75, 3.05) is 0 Å². The number of ether oxygens (including phenoxy) is 1. The molecule has 0 radical (unpaired) electrons. The fourth-order valence-electron chi connectivity index (χ4n) is 4.18. The first kappa shape index (κ1) is 21.6. The predicted molar refractivity (Wildman–Crippen MR) is 116 cm³/mol. The number of nitrogens with two attached hydrogens (primary N) is 1. The molecule has 3 aromatic rings. The zero-order valence-corrected chi connectivity index (χ0v) is 17.7. The largest absolute Gasteiger partial charge is 0.366 e. The monoisotopic (exact) mass is 431 g/mol. The van der Waals surface area contributed by atoms with E-state index in [-0.39, 0.29) is 16.9 Å². The molecule has 3 aromatic carbocycles. The second kappa shape index (κ2) is 7.80. The van der Waals surface area contributed by atoms with Gasteiger partial charge in [0.25, 0.3) is 0 Å². The van der Waals surface area contributed by atoms with Crippen LogP contribution in [-0.2, 0) is 20.7 Å². The van der Waals surface area contributed by atoms with Crippen LogP contribution in [0, 0.1) is 11.7 Å². The second-order valence-electron chi connectivity index (χ2n) is 8.13. The molecule has 1 aliphatic rings. The molecule has 2 atom stereocenters. The number of epoxide rings is 1. The minimum absolute atomic E-state index is 0.224. The number of hydrogen-bond acceptors (Lipinski definition) is 4. The van der Waals surface area contributed by atoms with Crippen LogP contribution in [0.1, 0.15) is 45.7 Å². The Balaban J connectivity index is 1.94. The molecule has 2 N–H and O–H groups in total. The third-order valence-corrected chi connectivity index (χ3v) is 5.81.